The summed E-state index contributed by atoms with van der Waals surface area (Å²) in [5.74, 6) is 0.906. The maximum absolute atomic E-state index is 5.71. The van der Waals surface area contributed by atoms with Crippen molar-refractivity contribution < 1.29 is 9.47 Å². The molecule has 0 bridgehead atoms. The Morgan fingerprint density at radius 2 is 1.74 bits per heavy atom. The van der Waals surface area contributed by atoms with Crippen LogP contribution >= 0.6 is 15.9 Å². The molecule has 0 fully saturated rings. The van der Waals surface area contributed by atoms with Crippen LogP contribution in [0, 0.1) is 0 Å². The highest BCUT2D eigenvalue weighted by Gasteiger charge is 1.98. The highest BCUT2D eigenvalue weighted by Crippen LogP contribution is 2.23. The third-order valence-electron chi connectivity index (χ3n) is 2.80. The van der Waals surface area contributed by atoms with Crippen molar-refractivity contribution in [2.45, 2.75) is 0 Å². The van der Waals surface area contributed by atoms with Gasteiger partial charge < -0.3 is 14.8 Å². The number of benzene rings is 2. The molecule has 2 aromatic rings. The number of fused-ring (bicyclic) bond motifs is 1. The summed E-state index contributed by atoms with van der Waals surface area (Å²) in [5, 5.41) is 5.64. The minimum atomic E-state index is 0.658. The highest BCUT2D eigenvalue weighted by atomic mass is 79.9. The third-order valence-corrected chi connectivity index (χ3v) is 3.30. The van der Waals surface area contributed by atoms with Crippen LogP contribution in [0.5, 0.6) is 5.75 Å². The van der Waals surface area contributed by atoms with Crippen LogP contribution in [0.1, 0.15) is 0 Å². The van der Waals surface area contributed by atoms with Crippen molar-refractivity contribution in [2.75, 3.05) is 33.4 Å². The SMILES string of the molecule is COCCNCCOc1ccc2cc(Br)ccc2c1. The van der Waals surface area contributed by atoms with Gasteiger partial charge in [-0.15, -0.1) is 0 Å². The fourth-order valence-electron chi connectivity index (χ4n) is 1.82. The first-order valence-corrected chi connectivity index (χ1v) is 7.10. The Balaban J connectivity index is 1.86. The third kappa shape index (κ3) is 4.49. The normalized spacial score (nSPS) is 10.8. The van der Waals surface area contributed by atoms with E-state index in [0.717, 1.165) is 29.9 Å². The molecule has 0 heterocycles. The summed E-state index contributed by atoms with van der Waals surface area (Å²) < 4.78 is 11.8. The van der Waals surface area contributed by atoms with E-state index in [4.69, 9.17) is 9.47 Å². The summed E-state index contributed by atoms with van der Waals surface area (Å²) in [6.07, 6.45) is 0. The highest BCUT2D eigenvalue weighted by molar-refractivity contribution is 9.10. The molecule has 2 rings (SSSR count). The van der Waals surface area contributed by atoms with E-state index >= 15 is 0 Å². The predicted octanol–water partition coefficient (Wildman–Crippen LogP) is 3.22. The van der Waals surface area contributed by atoms with Crippen LogP contribution in [-0.2, 0) is 4.74 Å². The average Bonchev–Trinajstić information content (AvgIpc) is 2.43. The zero-order valence-corrected chi connectivity index (χ0v) is 12.6. The van der Waals surface area contributed by atoms with Gasteiger partial charge in [0.05, 0.1) is 6.61 Å². The van der Waals surface area contributed by atoms with Crippen LogP contribution in [0.2, 0.25) is 0 Å². The van der Waals surface area contributed by atoms with E-state index in [-0.39, 0.29) is 0 Å². The van der Waals surface area contributed by atoms with Crippen LogP contribution in [0.4, 0.5) is 0 Å². The zero-order valence-electron chi connectivity index (χ0n) is 11.0. The van der Waals surface area contributed by atoms with Gasteiger partial charge in [-0.25, -0.2) is 0 Å². The first-order valence-electron chi connectivity index (χ1n) is 6.31. The van der Waals surface area contributed by atoms with Crippen molar-refractivity contribution >= 4 is 26.7 Å². The Bertz CT molecular complexity index is 531. The molecule has 0 aromatic heterocycles. The number of hydrogen-bond acceptors (Lipinski definition) is 3. The van der Waals surface area contributed by atoms with Crippen molar-refractivity contribution in [3.05, 3.63) is 40.9 Å². The van der Waals surface area contributed by atoms with E-state index in [0.29, 0.717) is 6.61 Å². The first-order chi connectivity index (χ1) is 9.29. The lowest BCUT2D eigenvalue weighted by Gasteiger charge is -2.08. The Hall–Kier alpha value is -1.10. The number of methoxy groups -OCH3 is 1. The molecule has 1 N–H and O–H groups in total. The largest absolute Gasteiger partial charge is 0.492 e. The van der Waals surface area contributed by atoms with Gasteiger partial charge in [-0.2, -0.15) is 0 Å². The van der Waals surface area contributed by atoms with Crippen LogP contribution in [0.25, 0.3) is 10.8 Å². The monoisotopic (exact) mass is 323 g/mol. The van der Waals surface area contributed by atoms with Gasteiger partial charge in [0.1, 0.15) is 12.4 Å². The smallest absolute Gasteiger partial charge is 0.120 e. The van der Waals surface area contributed by atoms with E-state index < -0.39 is 0 Å². The Morgan fingerprint density at radius 3 is 2.58 bits per heavy atom. The molecular formula is C15H18BrNO2. The summed E-state index contributed by atoms with van der Waals surface area (Å²) in [7, 11) is 1.70. The van der Waals surface area contributed by atoms with Crippen molar-refractivity contribution in [1.82, 2.24) is 5.32 Å². The van der Waals surface area contributed by atoms with Gasteiger partial charge in [-0.05, 0) is 35.0 Å². The summed E-state index contributed by atoms with van der Waals surface area (Å²) in [4.78, 5) is 0. The lowest BCUT2D eigenvalue weighted by Crippen LogP contribution is -2.24. The Kier molecular flexibility index (Phi) is 5.63. The molecule has 0 aliphatic rings. The molecular weight excluding hydrogens is 306 g/mol. The second-order valence-electron chi connectivity index (χ2n) is 4.24. The minimum Gasteiger partial charge on any atom is -0.492 e. The number of ether oxygens (including phenoxy) is 2. The van der Waals surface area contributed by atoms with Gasteiger partial charge in [0.25, 0.3) is 0 Å². The van der Waals surface area contributed by atoms with E-state index in [1.165, 1.54) is 10.8 Å². The van der Waals surface area contributed by atoms with Crippen molar-refractivity contribution in [3.8, 4) is 5.75 Å². The molecule has 4 heteroatoms. The van der Waals surface area contributed by atoms with E-state index in [9.17, 15) is 0 Å². The molecule has 19 heavy (non-hydrogen) atoms. The van der Waals surface area contributed by atoms with Gasteiger partial charge >= 0.3 is 0 Å². The van der Waals surface area contributed by atoms with E-state index in [1.54, 1.807) is 7.11 Å². The van der Waals surface area contributed by atoms with Crippen molar-refractivity contribution in [3.63, 3.8) is 0 Å². The van der Waals surface area contributed by atoms with Gasteiger partial charge in [0.15, 0.2) is 0 Å². The predicted molar refractivity (Wildman–Crippen MR) is 81.9 cm³/mol. The molecule has 0 amide bonds. The van der Waals surface area contributed by atoms with Crippen LogP contribution in [0.15, 0.2) is 40.9 Å². The topological polar surface area (TPSA) is 30.5 Å². The Labute approximate surface area is 122 Å². The standard InChI is InChI=1S/C15H18BrNO2/c1-18-8-6-17-7-9-19-15-5-3-12-10-14(16)4-2-13(12)11-15/h2-5,10-11,17H,6-9H2,1H3. The molecule has 0 saturated carbocycles. The average molecular weight is 324 g/mol. The van der Waals surface area contributed by atoms with Crippen molar-refractivity contribution in [1.29, 1.82) is 0 Å². The quantitative estimate of drug-likeness (QED) is 0.794. The molecule has 0 atom stereocenters. The minimum absolute atomic E-state index is 0.658. The van der Waals surface area contributed by atoms with Crippen molar-refractivity contribution in [2.24, 2.45) is 0 Å². The molecule has 0 unspecified atom stereocenters. The van der Waals surface area contributed by atoms with Gasteiger partial charge in [-0.1, -0.05) is 28.1 Å². The molecule has 0 saturated heterocycles. The maximum Gasteiger partial charge on any atom is 0.120 e. The van der Waals surface area contributed by atoms with Crippen LogP contribution in [-0.4, -0.2) is 33.4 Å². The Morgan fingerprint density at radius 1 is 1.00 bits per heavy atom. The summed E-state index contributed by atoms with van der Waals surface area (Å²) >= 11 is 3.47. The molecule has 2 aromatic carbocycles. The summed E-state index contributed by atoms with van der Waals surface area (Å²) in [6.45, 7) is 3.06. The van der Waals surface area contributed by atoms with E-state index in [1.807, 2.05) is 12.1 Å². The maximum atomic E-state index is 5.71. The lowest BCUT2D eigenvalue weighted by molar-refractivity contribution is 0.197. The van der Waals surface area contributed by atoms with Crippen LogP contribution < -0.4 is 10.1 Å². The van der Waals surface area contributed by atoms with E-state index in [2.05, 4.69) is 45.5 Å². The lowest BCUT2D eigenvalue weighted by atomic mass is 10.1. The van der Waals surface area contributed by atoms with Gasteiger partial charge in [-0.3, -0.25) is 0 Å². The number of halogens is 1. The fraction of sp³-hybridized carbons (Fsp3) is 0.333. The molecule has 0 spiro atoms. The summed E-state index contributed by atoms with van der Waals surface area (Å²) in [6, 6.07) is 12.4. The molecule has 0 aliphatic heterocycles. The molecule has 0 aliphatic carbocycles. The number of nitrogens with one attached hydrogen (secondary N) is 1. The fourth-order valence-corrected chi connectivity index (χ4v) is 2.20. The second kappa shape index (κ2) is 7.48. The van der Waals surface area contributed by atoms with Crippen LogP contribution in [0.3, 0.4) is 0 Å². The van der Waals surface area contributed by atoms with Gasteiger partial charge in [0.2, 0.25) is 0 Å². The molecule has 0 radical (unpaired) electrons. The van der Waals surface area contributed by atoms with Gasteiger partial charge in [0, 0.05) is 24.7 Å². The second-order valence-corrected chi connectivity index (χ2v) is 5.16. The zero-order chi connectivity index (χ0) is 13.5. The summed E-state index contributed by atoms with van der Waals surface area (Å²) in [5.41, 5.74) is 0. The number of rotatable bonds is 7. The first kappa shape index (κ1) is 14.3. The molecule has 3 nitrogen and oxygen atoms in total. The number of hydrogen-bond donors (Lipinski definition) is 1. The molecule has 102 valence electrons.